The summed E-state index contributed by atoms with van der Waals surface area (Å²) in [5, 5.41) is 8.36. The lowest BCUT2D eigenvalue weighted by molar-refractivity contribution is 0.0776. The summed E-state index contributed by atoms with van der Waals surface area (Å²) in [6.45, 7) is 6.24. The van der Waals surface area contributed by atoms with Gasteiger partial charge in [-0.2, -0.15) is 5.10 Å². The van der Waals surface area contributed by atoms with Crippen LogP contribution in [0.25, 0.3) is 10.1 Å². The molecule has 31 heavy (non-hydrogen) atoms. The van der Waals surface area contributed by atoms with E-state index in [4.69, 9.17) is 4.74 Å². The lowest BCUT2D eigenvalue weighted by atomic mass is 9.95. The van der Waals surface area contributed by atoms with Gasteiger partial charge in [-0.15, -0.1) is 11.3 Å². The Kier molecular flexibility index (Phi) is 6.38. The SMILES string of the molecule is COCCNC(=O)c1sc2ccccc2c1[C@@H]1CCN(C(=O)c2ccnn2C(C)C)C1. The van der Waals surface area contributed by atoms with Gasteiger partial charge in [-0.1, -0.05) is 18.2 Å². The Morgan fingerprint density at radius 2 is 2.10 bits per heavy atom. The number of nitrogens with one attached hydrogen (secondary N) is 1. The molecular weight excluding hydrogens is 412 g/mol. The van der Waals surface area contributed by atoms with Gasteiger partial charge in [0.05, 0.1) is 11.5 Å². The molecule has 0 bridgehead atoms. The highest BCUT2D eigenvalue weighted by Gasteiger charge is 2.33. The fraction of sp³-hybridized carbons (Fsp3) is 0.435. The van der Waals surface area contributed by atoms with E-state index in [0.29, 0.717) is 31.9 Å². The van der Waals surface area contributed by atoms with Crippen molar-refractivity contribution < 1.29 is 14.3 Å². The zero-order valence-corrected chi connectivity index (χ0v) is 18.9. The maximum atomic E-state index is 13.2. The summed E-state index contributed by atoms with van der Waals surface area (Å²) in [6.07, 6.45) is 2.51. The summed E-state index contributed by atoms with van der Waals surface area (Å²) in [4.78, 5) is 28.7. The number of fused-ring (bicyclic) bond motifs is 1. The Bertz CT molecular complexity index is 1090. The smallest absolute Gasteiger partial charge is 0.272 e. The Morgan fingerprint density at radius 1 is 1.29 bits per heavy atom. The number of carbonyl (C=O) groups excluding carboxylic acids is 2. The third-order valence-electron chi connectivity index (χ3n) is 5.69. The number of ether oxygens (including phenoxy) is 1. The summed E-state index contributed by atoms with van der Waals surface area (Å²) in [6, 6.07) is 10.0. The van der Waals surface area contributed by atoms with Gasteiger partial charge in [-0.3, -0.25) is 14.3 Å². The predicted octanol–water partition coefficient (Wildman–Crippen LogP) is 3.68. The minimum atomic E-state index is -0.0732. The van der Waals surface area contributed by atoms with Gasteiger partial charge in [0.1, 0.15) is 5.69 Å². The van der Waals surface area contributed by atoms with Crippen LogP contribution in [0.3, 0.4) is 0 Å². The molecule has 2 amide bonds. The zero-order valence-electron chi connectivity index (χ0n) is 18.1. The van der Waals surface area contributed by atoms with Crippen LogP contribution in [0, 0.1) is 0 Å². The van der Waals surface area contributed by atoms with Gasteiger partial charge in [0.2, 0.25) is 0 Å². The quantitative estimate of drug-likeness (QED) is 0.569. The summed E-state index contributed by atoms with van der Waals surface area (Å²) in [5.41, 5.74) is 1.67. The largest absolute Gasteiger partial charge is 0.383 e. The van der Waals surface area contributed by atoms with Gasteiger partial charge in [0.15, 0.2) is 0 Å². The number of aromatic nitrogens is 2. The van der Waals surface area contributed by atoms with E-state index in [1.54, 1.807) is 24.1 Å². The van der Waals surface area contributed by atoms with Crippen molar-refractivity contribution in [3.8, 4) is 0 Å². The van der Waals surface area contributed by atoms with Gasteiger partial charge in [-0.25, -0.2) is 0 Å². The third-order valence-corrected chi connectivity index (χ3v) is 6.88. The molecule has 4 rings (SSSR count). The molecule has 1 atom stereocenters. The molecule has 1 fully saturated rings. The van der Waals surface area contributed by atoms with E-state index >= 15 is 0 Å². The number of amides is 2. The maximum Gasteiger partial charge on any atom is 0.272 e. The van der Waals surface area contributed by atoms with Crippen molar-refractivity contribution in [1.29, 1.82) is 0 Å². The molecule has 0 aliphatic carbocycles. The molecule has 7 nitrogen and oxygen atoms in total. The fourth-order valence-electron chi connectivity index (χ4n) is 4.22. The molecule has 0 saturated carbocycles. The molecule has 3 aromatic rings. The number of likely N-dealkylation sites (tertiary alicyclic amines) is 1. The molecule has 3 heterocycles. The van der Waals surface area contributed by atoms with Crippen LogP contribution in [0.4, 0.5) is 0 Å². The van der Waals surface area contributed by atoms with Crippen molar-refractivity contribution in [2.24, 2.45) is 0 Å². The first-order valence-electron chi connectivity index (χ1n) is 10.6. The topological polar surface area (TPSA) is 76.5 Å². The number of hydrogen-bond donors (Lipinski definition) is 1. The molecule has 1 aliphatic heterocycles. The molecule has 1 aliphatic rings. The van der Waals surface area contributed by atoms with Crippen LogP contribution in [0.1, 0.15) is 58.0 Å². The van der Waals surface area contributed by atoms with Gasteiger partial charge < -0.3 is 15.0 Å². The van der Waals surface area contributed by atoms with E-state index in [1.165, 1.54) is 11.3 Å². The number of thiophene rings is 1. The van der Waals surface area contributed by atoms with Crippen molar-refractivity contribution in [1.82, 2.24) is 20.0 Å². The van der Waals surface area contributed by atoms with E-state index < -0.39 is 0 Å². The van der Waals surface area contributed by atoms with Crippen LogP contribution in [-0.4, -0.2) is 59.8 Å². The van der Waals surface area contributed by atoms with E-state index in [9.17, 15) is 9.59 Å². The average molecular weight is 441 g/mol. The van der Waals surface area contributed by atoms with Crippen LogP contribution in [0.5, 0.6) is 0 Å². The van der Waals surface area contributed by atoms with E-state index in [-0.39, 0.29) is 23.8 Å². The van der Waals surface area contributed by atoms with Crippen LogP contribution >= 0.6 is 11.3 Å². The number of nitrogens with zero attached hydrogens (tertiary/aromatic N) is 3. The lowest BCUT2D eigenvalue weighted by Crippen LogP contribution is -2.31. The number of rotatable bonds is 7. The van der Waals surface area contributed by atoms with E-state index in [1.807, 2.05) is 30.9 Å². The Hall–Kier alpha value is -2.71. The van der Waals surface area contributed by atoms with E-state index in [2.05, 4.69) is 22.5 Å². The third kappa shape index (κ3) is 4.22. The lowest BCUT2D eigenvalue weighted by Gasteiger charge is -2.19. The van der Waals surface area contributed by atoms with Gasteiger partial charge in [0, 0.05) is 49.6 Å². The van der Waals surface area contributed by atoms with Crippen molar-refractivity contribution >= 4 is 33.2 Å². The van der Waals surface area contributed by atoms with Gasteiger partial charge >= 0.3 is 0 Å². The molecule has 0 unspecified atom stereocenters. The standard InChI is InChI=1S/C23H28N4O3S/c1-15(2)27-18(8-10-25-27)23(29)26-12-9-16(14-26)20-17-6-4-5-7-19(17)31-21(20)22(28)24-11-13-30-3/h4-8,10,15-16H,9,11-14H2,1-3H3,(H,24,28)/t16-/m1/s1. The Balaban J connectivity index is 1.60. The predicted molar refractivity (Wildman–Crippen MR) is 122 cm³/mol. The first-order valence-corrected chi connectivity index (χ1v) is 11.4. The van der Waals surface area contributed by atoms with Gasteiger partial charge in [-0.05, 0) is 43.4 Å². The highest BCUT2D eigenvalue weighted by atomic mass is 32.1. The number of carbonyl (C=O) groups is 2. The second-order valence-corrected chi connectivity index (χ2v) is 9.13. The molecule has 1 saturated heterocycles. The minimum absolute atomic E-state index is 0.000619. The summed E-state index contributed by atoms with van der Waals surface area (Å²) in [5.74, 6) is 0.0499. The first kappa shape index (κ1) is 21.5. The minimum Gasteiger partial charge on any atom is -0.383 e. The summed E-state index contributed by atoms with van der Waals surface area (Å²) < 4.78 is 7.92. The van der Waals surface area contributed by atoms with Crippen LogP contribution in [-0.2, 0) is 4.74 Å². The van der Waals surface area contributed by atoms with Crippen molar-refractivity contribution in [2.75, 3.05) is 33.4 Å². The molecule has 0 spiro atoms. The Morgan fingerprint density at radius 3 is 2.87 bits per heavy atom. The van der Waals surface area contributed by atoms with Crippen molar-refractivity contribution in [3.63, 3.8) is 0 Å². The highest BCUT2D eigenvalue weighted by Crippen LogP contribution is 2.40. The molecule has 1 aromatic carbocycles. The molecule has 1 N–H and O–H groups in total. The highest BCUT2D eigenvalue weighted by molar-refractivity contribution is 7.21. The summed E-state index contributed by atoms with van der Waals surface area (Å²) >= 11 is 1.52. The zero-order chi connectivity index (χ0) is 22.0. The fourth-order valence-corrected chi connectivity index (χ4v) is 5.43. The number of benzene rings is 1. The molecule has 164 valence electrons. The number of hydrogen-bond acceptors (Lipinski definition) is 5. The molecule has 8 heteroatoms. The number of methoxy groups -OCH3 is 1. The van der Waals surface area contributed by atoms with Crippen LogP contribution in [0.2, 0.25) is 0 Å². The van der Waals surface area contributed by atoms with Crippen molar-refractivity contribution in [3.05, 3.63) is 52.7 Å². The van der Waals surface area contributed by atoms with E-state index in [0.717, 1.165) is 26.9 Å². The Labute approximate surface area is 186 Å². The molecule has 2 aromatic heterocycles. The average Bonchev–Trinajstić information content (AvgIpc) is 3.50. The molecule has 0 radical (unpaired) electrons. The first-order chi connectivity index (χ1) is 15.0. The molecular formula is C23H28N4O3S. The summed E-state index contributed by atoms with van der Waals surface area (Å²) in [7, 11) is 1.62. The second kappa shape index (κ2) is 9.20. The second-order valence-electron chi connectivity index (χ2n) is 8.08. The van der Waals surface area contributed by atoms with Crippen LogP contribution < -0.4 is 5.32 Å². The van der Waals surface area contributed by atoms with Gasteiger partial charge in [0.25, 0.3) is 11.8 Å². The van der Waals surface area contributed by atoms with Crippen molar-refractivity contribution in [2.45, 2.75) is 32.2 Å². The van der Waals surface area contributed by atoms with Crippen LogP contribution in [0.15, 0.2) is 36.5 Å². The normalized spacial score (nSPS) is 16.4. The monoisotopic (exact) mass is 440 g/mol. The maximum absolute atomic E-state index is 13.2.